The van der Waals surface area contributed by atoms with Crippen molar-refractivity contribution in [1.82, 2.24) is 5.32 Å². The summed E-state index contributed by atoms with van der Waals surface area (Å²) in [6.45, 7) is 7.65. The normalized spacial score (nSPS) is 24.7. The van der Waals surface area contributed by atoms with Crippen LogP contribution in [-0.4, -0.2) is 19.7 Å². The number of piperidine rings is 1. The van der Waals surface area contributed by atoms with Gasteiger partial charge in [-0.1, -0.05) is 6.07 Å². The second-order valence-electron chi connectivity index (χ2n) is 5.28. The van der Waals surface area contributed by atoms with Crippen LogP contribution in [-0.2, 0) is 0 Å². The lowest BCUT2D eigenvalue weighted by molar-refractivity contribution is 0.363. The molecule has 0 spiro atoms. The first-order chi connectivity index (χ1) is 8.11. The van der Waals surface area contributed by atoms with Crippen molar-refractivity contribution in [3.8, 4) is 5.75 Å². The summed E-state index contributed by atoms with van der Waals surface area (Å²) in [6, 6.07) is 5.07. The van der Waals surface area contributed by atoms with Crippen molar-refractivity contribution in [2.24, 2.45) is 0 Å². The highest BCUT2D eigenvalue weighted by atomic mass is 16.5. The van der Waals surface area contributed by atoms with Crippen molar-refractivity contribution in [2.75, 3.05) is 13.7 Å². The van der Waals surface area contributed by atoms with Gasteiger partial charge in [-0.3, -0.25) is 0 Å². The Balaban J connectivity index is 2.31. The minimum atomic E-state index is 0.599. The maximum absolute atomic E-state index is 5.56. The molecular weight excluding hydrogens is 210 g/mol. The molecule has 17 heavy (non-hydrogen) atoms. The highest BCUT2D eigenvalue weighted by Crippen LogP contribution is 2.35. The van der Waals surface area contributed by atoms with Crippen LogP contribution in [0.3, 0.4) is 0 Å². The fraction of sp³-hybridized carbons (Fsp3) is 0.600. The fourth-order valence-electron chi connectivity index (χ4n) is 2.88. The summed E-state index contributed by atoms with van der Waals surface area (Å²) in [5.74, 6) is 1.66. The van der Waals surface area contributed by atoms with Crippen LogP contribution in [0.1, 0.15) is 42.4 Å². The number of benzene rings is 1. The molecule has 0 aromatic heterocycles. The zero-order valence-corrected chi connectivity index (χ0v) is 11.3. The molecule has 0 amide bonds. The lowest BCUT2D eigenvalue weighted by atomic mass is 9.85. The molecular formula is C15H23NO. The molecule has 2 rings (SSSR count). The van der Waals surface area contributed by atoms with Gasteiger partial charge >= 0.3 is 0 Å². The zero-order chi connectivity index (χ0) is 12.4. The molecule has 0 radical (unpaired) electrons. The summed E-state index contributed by atoms with van der Waals surface area (Å²) in [5.41, 5.74) is 4.04. The van der Waals surface area contributed by atoms with E-state index in [4.69, 9.17) is 4.74 Å². The van der Waals surface area contributed by atoms with Gasteiger partial charge in [0.2, 0.25) is 0 Å². The maximum atomic E-state index is 5.56. The van der Waals surface area contributed by atoms with Crippen molar-refractivity contribution >= 4 is 0 Å². The number of methoxy groups -OCH3 is 1. The third-order valence-electron chi connectivity index (χ3n) is 3.78. The Hall–Kier alpha value is -1.02. The summed E-state index contributed by atoms with van der Waals surface area (Å²) < 4.78 is 5.56. The molecule has 1 aliphatic rings. The van der Waals surface area contributed by atoms with Gasteiger partial charge in [0, 0.05) is 24.1 Å². The van der Waals surface area contributed by atoms with Crippen LogP contribution in [0.25, 0.3) is 0 Å². The zero-order valence-electron chi connectivity index (χ0n) is 11.3. The van der Waals surface area contributed by atoms with E-state index in [1.807, 2.05) is 0 Å². The standard InChI is InChI=1S/C15H23NO/c1-10-7-11(2)15(14(8-10)17-4)13-6-5-12(3)16-9-13/h7-8,12-13,16H,5-6,9H2,1-4H3. The largest absolute Gasteiger partial charge is 0.496 e. The van der Waals surface area contributed by atoms with Crippen LogP contribution in [0, 0.1) is 13.8 Å². The minimum absolute atomic E-state index is 0.599. The third kappa shape index (κ3) is 2.63. The number of rotatable bonds is 2. The Labute approximate surface area is 104 Å². The van der Waals surface area contributed by atoms with Gasteiger partial charge in [0.1, 0.15) is 5.75 Å². The monoisotopic (exact) mass is 233 g/mol. The number of hydrogen-bond donors (Lipinski definition) is 1. The molecule has 94 valence electrons. The predicted octanol–water partition coefficient (Wildman–Crippen LogP) is 3.17. The second kappa shape index (κ2) is 5.09. The molecule has 2 atom stereocenters. The first-order valence-corrected chi connectivity index (χ1v) is 6.50. The van der Waals surface area contributed by atoms with Crippen LogP contribution < -0.4 is 10.1 Å². The first kappa shape index (κ1) is 12.4. The number of aryl methyl sites for hydroxylation is 2. The van der Waals surface area contributed by atoms with E-state index in [1.165, 1.54) is 29.5 Å². The summed E-state index contributed by atoms with van der Waals surface area (Å²) in [5, 5.41) is 3.57. The average Bonchev–Trinajstić information content (AvgIpc) is 2.30. The van der Waals surface area contributed by atoms with Crippen molar-refractivity contribution in [2.45, 2.75) is 45.6 Å². The van der Waals surface area contributed by atoms with Crippen LogP contribution in [0.4, 0.5) is 0 Å². The molecule has 0 aliphatic carbocycles. The summed E-state index contributed by atoms with van der Waals surface area (Å²) >= 11 is 0. The average molecular weight is 233 g/mol. The summed E-state index contributed by atoms with van der Waals surface area (Å²) in [4.78, 5) is 0. The van der Waals surface area contributed by atoms with Crippen LogP contribution >= 0.6 is 0 Å². The molecule has 1 fully saturated rings. The van der Waals surface area contributed by atoms with E-state index in [0.717, 1.165) is 12.3 Å². The molecule has 1 aromatic rings. The summed E-state index contributed by atoms with van der Waals surface area (Å²) in [7, 11) is 1.77. The Morgan fingerprint density at radius 1 is 1.24 bits per heavy atom. The molecule has 1 heterocycles. The highest BCUT2D eigenvalue weighted by Gasteiger charge is 2.23. The Kier molecular flexibility index (Phi) is 3.72. The quantitative estimate of drug-likeness (QED) is 0.847. The molecule has 2 nitrogen and oxygen atoms in total. The molecule has 1 aromatic carbocycles. The first-order valence-electron chi connectivity index (χ1n) is 6.50. The van der Waals surface area contributed by atoms with Crippen LogP contribution in [0.15, 0.2) is 12.1 Å². The number of hydrogen-bond acceptors (Lipinski definition) is 2. The summed E-state index contributed by atoms with van der Waals surface area (Å²) in [6.07, 6.45) is 2.51. The molecule has 1 saturated heterocycles. The van der Waals surface area contributed by atoms with Gasteiger partial charge < -0.3 is 10.1 Å². The topological polar surface area (TPSA) is 21.3 Å². The van der Waals surface area contributed by atoms with E-state index in [2.05, 4.69) is 38.2 Å². The van der Waals surface area contributed by atoms with Gasteiger partial charge in [-0.15, -0.1) is 0 Å². The molecule has 0 saturated carbocycles. The smallest absolute Gasteiger partial charge is 0.122 e. The van der Waals surface area contributed by atoms with Gasteiger partial charge in [0.05, 0.1) is 7.11 Å². The van der Waals surface area contributed by atoms with E-state index in [0.29, 0.717) is 12.0 Å². The maximum Gasteiger partial charge on any atom is 0.122 e. The van der Waals surface area contributed by atoms with Crippen LogP contribution in [0.2, 0.25) is 0 Å². The minimum Gasteiger partial charge on any atom is -0.496 e. The van der Waals surface area contributed by atoms with Crippen LogP contribution in [0.5, 0.6) is 5.75 Å². The third-order valence-corrected chi connectivity index (χ3v) is 3.78. The number of nitrogens with one attached hydrogen (secondary N) is 1. The van der Waals surface area contributed by atoms with E-state index < -0.39 is 0 Å². The van der Waals surface area contributed by atoms with Crippen molar-refractivity contribution in [1.29, 1.82) is 0 Å². The van der Waals surface area contributed by atoms with Gasteiger partial charge in [-0.2, -0.15) is 0 Å². The van der Waals surface area contributed by atoms with Gasteiger partial charge in [-0.05, 0) is 50.8 Å². The van der Waals surface area contributed by atoms with E-state index in [9.17, 15) is 0 Å². The molecule has 2 unspecified atom stereocenters. The SMILES string of the molecule is COc1cc(C)cc(C)c1C1CCC(C)NC1. The molecule has 1 aliphatic heterocycles. The van der Waals surface area contributed by atoms with Crippen molar-refractivity contribution in [3.05, 3.63) is 28.8 Å². The van der Waals surface area contributed by atoms with Gasteiger partial charge in [-0.25, -0.2) is 0 Å². The fourth-order valence-corrected chi connectivity index (χ4v) is 2.88. The second-order valence-corrected chi connectivity index (χ2v) is 5.28. The molecule has 2 heteroatoms. The Bertz CT molecular complexity index is 392. The molecule has 1 N–H and O–H groups in total. The van der Waals surface area contributed by atoms with Gasteiger partial charge in [0.25, 0.3) is 0 Å². The lowest BCUT2D eigenvalue weighted by Crippen LogP contribution is -2.36. The van der Waals surface area contributed by atoms with Gasteiger partial charge in [0.15, 0.2) is 0 Å². The highest BCUT2D eigenvalue weighted by molar-refractivity contribution is 5.45. The Morgan fingerprint density at radius 2 is 2.00 bits per heavy atom. The van der Waals surface area contributed by atoms with E-state index >= 15 is 0 Å². The van der Waals surface area contributed by atoms with E-state index in [-0.39, 0.29) is 0 Å². The predicted molar refractivity (Wildman–Crippen MR) is 71.9 cm³/mol. The number of ether oxygens (including phenoxy) is 1. The lowest BCUT2D eigenvalue weighted by Gasteiger charge is -2.30. The van der Waals surface area contributed by atoms with E-state index in [1.54, 1.807) is 7.11 Å². The van der Waals surface area contributed by atoms with Crippen molar-refractivity contribution in [3.63, 3.8) is 0 Å². The Morgan fingerprint density at radius 3 is 2.59 bits per heavy atom. The van der Waals surface area contributed by atoms with Crippen molar-refractivity contribution < 1.29 is 4.74 Å². The molecule has 0 bridgehead atoms.